The van der Waals surface area contributed by atoms with Crippen LogP contribution in [0.2, 0.25) is 0 Å². The molecule has 1 unspecified atom stereocenters. The molecular formula is C7H14N2O2. The van der Waals surface area contributed by atoms with Gasteiger partial charge in [-0.3, -0.25) is 4.79 Å². The molecule has 4 nitrogen and oxygen atoms in total. The van der Waals surface area contributed by atoms with Crippen LogP contribution in [0.5, 0.6) is 0 Å². The molecule has 0 fully saturated rings. The van der Waals surface area contributed by atoms with Gasteiger partial charge < -0.3 is 10.8 Å². The van der Waals surface area contributed by atoms with Crippen molar-refractivity contribution in [1.82, 2.24) is 0 Å². The third-order valence-corrected chi connectivity index (χ3v) is 1.19. The first-order chi connectivity index (χ1) is 4.95. The molecule has 0 aliphatic heterocycles. The van der Waals surface area contributed by atoms with Gasteiger partial charge in [0.2, 0.25) is 0 Å². The Balaban J connectivity index is 4.20. The highest BCUT2D eigenvalue weighted by Gasteiger charge is 2.08. The Kier molecular flexibility index (Phi) is 3.74. The van der Waals surface area contributed by atoms with Crippen molar-refractivity contribution in [2.45, 2.75) is 26.9 Å². The SMILES string of the molecule is CC(O)C(=O)/N=C(\N)C(C)C. The molecule has 0 heterocycles. The number of aliphatic hydroxyl groups excluding tert-OH is 1. The Bertz CT molecular complexity index is 173. The average molecular weight is 158 g/mol. The van der Waals surface area contributed by atoms with Crippen molar-refractivity contribution in [1.29, 1.82) is 0 Å². The first kappa shape index (κ1) is 10.1. The smallest absolute Gasteiger partial charge is 0.275 e. The largest absolute Gasteiger partial charge is 0.387 e. The highest BCUT2D eigenvalue weighted by atomic mass is 16.3. The lowest BCUT2D eigenvalue weighted by Crippen LogP contribution is -2.24. The van der Waals surface area contributed by atoms with Crippen molar-refractivity contribution >= 4 is 11.7 Å². The molecule has 0 aromatic rings. The maximum Gasteiger partial charge on any atom is 0.275 e. The molecule has 0 radical (unpaired) electrons. The Morgan fingerprint density at radius 2 is 1.91 bits per heavy atom. The number of aliphatic imine (C=N–C) groups is 1. The van der Waals surface area contributed by atoms with Gasteiger partial charge >= 0.3 is 0 Å². The first-order valence-corrected chi connectivity index (χ1v) is 3.51. The summed E-state index contributed by atoms with van der Waals surface area (Å²) in [7, 11) is 0. The van der Waals surface area contributed by atoms with Crippen LogP contribution in [0.3, 0.4) is 0 Å². The Morgan fingerprint density at radius 3 is 2.18 bits per heavy atom. The van der Waals surface area contributed by atoms with Crippen LogP contribution in [-0.4, -0.2) is 23.0 Å². The lowest BCUT2D eigenvalue weighted by Gasteiger charge is -2.03. The number of hydrogen-bond donors (Lipinski definition) is 2. The summed E-state index contributed by atoms with van der Waals surface area (Å²) in [5.74, 6) is -0.287. The van der Waals surface area contributed by atoms with E-state index in [9.17, 15) is 4.79 Å². The summed E-state index contributed by atoms with van der Waals surface area (Å²) in [4.78, 5) is 14.2. The first-order valence-electron chi connectivity index (χ1n) is 3.51. The summed E-state index contributed by atoms with van der Waals surface area (Å²) in [5.41, 5.74) is 5.37. The minimum absolute atomic E-state index is 0.0395. The molecule has 0 bridgehead atoms. The lowest BCUT2D eigenvalue weighted by atomic mass is 10.2. The molecule has 0 spiro atoms. The normalized spacial score (nSPS) is 15.2. The van der Waals surface area contributed by atoms with Gasteiger partial charge in [0.15, 0.2) is 0 Å². The highest BCUT2D eigenvalue weighted by Crippen LogP contribution is 1.93. The average Bonchev–Trinajstić information content (AvgIpc) is 1.87. The van der Waals surface area contributed by atoms with E-state index < -0.39 is 12.0 Å². The molecule has 0 aliphatic rings. The van der Waals surface area contributed by atoms with Crippen LogP contribution in [0.15, 0.2) is 4.99 Å². The maximum atomic E-state index is 10.7. The molecule has 11 heavy (non-hydrogen) atoms. The van der Waals surface area contributed by atoms with E-state index in [1.54, 1.807) is 0 Å². The van der Waals surface area contributed by atoms with Crippen LogP contribution in [0.25, 0.3) is 0 Å². The maximum absolute atomic E-state index is 10.7. The van der Waals surface area contributed by atoms with Crippen LogP contribution < -0.4 is 5.73 Å². The van der Waals surface area contributed by atoms with Crippen LogP contribution >= 0.6 is 0 Å². The summed E-state index contributed by atoms with van der Waals surface area (Å²) >= 11 is 0. The summed E-state index contributed by atoms with van der Waals surface area (Å²) in [5, 5.41) is 8.74. The second-order valence-electron chi connectivity index (χ2n) is 2.71. The van der Waals surface area contributed by atoms with Gasteiger partial charge in [0.25, 0.3) is 5.91 Å². The molecule has 0 rings (SSSR count). The zero-order chi connectivity index (χ0) is 9.02. The van der Waals surface area contributed by atoms with E-state index in [0.717, 1.165) is 0 Å². The Hall–Kier alpha value is -0.900. The number of nitrogens with zero attached hydrogens (tertiary/aromatic N) is 1. The van der Waals surface area contributed by atoms with Gasteiger partial charge in [-0.25, -0.2) is 0 Å². The van der Waals surface area contributed by atoms with Gasteiger partial charge in [0.05, 0.1) is 0 Å². The molecule has 0 aliphatic carbocycles. The minimum atomic E-state index is -1.06. The van der Waals surface area contributed by atoms with E-state index in [1.165, 1.54) is 6.92 Å². The second-order valence-corrected chi connectivity index (χ2v) is 2.71. The zero-order valence-electron chi connectivity index (χ0n) is 7.03. The highest BCUT2D eigenvalue weighted by molar-refractivity contribution is 5.95. The van der Waals surface area contributed by atoms with Crippen molar-refractivity contribution in [3.05, 3.63) is 0 Å². The number of hydrogen-bond acceptors (Lipinski definition) is 2. The summed E-state index contributed by atoms with van der Waals surface area (Å²) in [6.07, 6.45) is -1.06. The van der Waals surface area contributed by atoms with Crippen LogP contribution in [0.1, 0.15) is 20.8 Å². The van der Waals surface area contributed by atoms with Crippen LogP contribution in [0.4, 0.5) is 0 Å². The number of amidine groups is 1. The number of carbonyl (C=O) groups is 1. The van der Waals surface area contributed by atoms with E-state index in [2.05, 4.69) is 4.99 Å². The van der Waals surface area contributed by atoms with Gasteiger partial charge in [0.1, 0.15) is 11.9 Å². The molecule has 64 valence electrons. The topological polar surface area (TPSA) is 75.7 Å². The fourth-order valence-corrected chi connectivity index (χ4v) is 0.350. The van der Waals surface area contributed by atoms with E-state index >= 15 is 0 Å². The predicted octanol–water partition coefficient (Wildman–Crippen LogP) is -0.0930. The molecule has 0 aromatic carbocycles. The summed E-state index contributed by atoms with van der Waals surface area (Å²) in [6, 6.07) is 0. The summed E-state index contributed by atoms with van der Waals surface area (Å²) < 4.78 is 0. The third-order valence-electron chi connectivity index (χ3n) is 1.19. The number of rotatable bonds is 2. The number of nitrogens with two attached hydrogens (primary N) is 1. The molecule has 1 amide bonds. The quantitative estimate of drug-likeness (QED) is 0.435. The monoisotopic (exact) mass is 158 g/mol. The van der Waals surface area contributed by atoms with Crippen LogP contribution in [-0.2, 0) is 4.79 Å². The van der Waals surface area contributed by atoms with E-state index in [4.69, 9.17) is 10.8 Å². The molecule has 0 saturated carbocycles. The van der Waals surface area contributed by atoms with Crippen molar-refractivity contribution in [3.63, 3.8) is 0 Å². The van der Waals surface area contributed by atoms with Gasteiger partial charge in [0, 0.05) is 5.92 Å². The molecular weight excluding hydrogens is 144 g/mol. The van der Waals surface area contributed by atoms with Gasteiger partial charge in [-0.2, -0.15) is 4.99 Å². The molecule has 4 heteroatoms. The Labute approximate surface area is 66.1 Å². The van der Waals surface area contributed by atoms with Gasteiger partial charge in [-0.05, 0) is 6.92 Å². The van der Waals surface area contributed by atoms with Crippen molar-refractivity contribution in [3.8, 4) is 0 Å². The minimum Gasteiger partial charge on any atom is -0.387 e. The second kappa shape index (κ2) is 4.08. The third kappa shape index (κ3) is 3.72. The fourth-order valence-electron chi connectivity index (χ4n) is 0.350. The predicted molar refractivity (Wildman–Crippen MR) is 43.1 cm³/mol. The van der Waals surface area contributed by atoms with Gasteiger partial charge in [-0.1, -0.05) is 13.8 Å². The number of aliphatic hydroxyl groups is 1. The van der Waals surface area contributed by atoms with Crippen LogP contribution in [0, 0.1) is 5.92 Å². The molecule has 0 saturated heterocycles. The zero-order valence-corrected chi connectivity index (χ0v) is 7.03. The standard InChI is InChI=1S/C7H14N2O2/c1-4(2)6(8)9-7(11)5(3)10/h4-5,10H,1-3H3,(H2,8,9,11). The van der Waals surface area contributed by atoms with Gasteiger partial charge in [-0.15, -0.1) is 0 Å². The summed E-state index contributed by atoms with van der Waals surface area (Å²) in [6.45, 7) is 5.02. The fraction of sp³-hybridized carbons (Fsp3) is 0.714. The van der Waals surface area contributed by atoms with Crippen molar-refractivity contribution < 1.29 is 9.90 Å². The Morgan fingerprint density at radius 1 is 1.45 bits per heavy atom. The van der Waals surface area contributed by atoms with Crippen molar-refractivity contribution in [2.24, 2.45) is 16.6 Å². The van der Waals surface area contributed by atoms with E-state index in [1.807, 2.05) is 13.8 Å². The van der Waals surface area contributed by atoms with E-state index in [-0.39, 0.29) is 11.8 Å². The molecule has 0 aromatic heterocycles. The number of carbonyl (C=O) groups excluding carboxylic acids is 1. The molecule has 1 atom stereocenters. The van der Waals surface area contributed by atoms with Crippen molar-refractivity contribution in [2.75, 3.05) is 0 Å². The number of amides is 1. The molecule has 3 N–H and O–H groups in total. The lowest BCUT2D eigenvalue weighted by molar-refractivity contribution is -0.124. The van der Waals surface area contributed by atoms with E-state index in [0.29, 0.717) is 0 Å².